The number of ether oxygens (including phenoxy) is 1. The summed E-state index contributed by atoms with van der Waals surface area (Å²) in [5, 5.41) is 8.04. The number of aromatic amines is 2. The number of imidazole rings is 1. The summed E-state index contributed by atoms with van der Waals surface area (Å²) >= 11 is 5.98. The second kappa shape index (κ2) is 6.20. The number of hydrogen-bond donors (Lipinski definition) is 3. The molecule has 130 valence electrons. The van der Waals surface area contributed by atoms with Crippen LogP contribution in [0.1, 0.15) is 5.69 Å². The van der Waals surface area contributed by atoms with Crippen LogP contribution in [-0.4, -0.2) is 26.3 Å². The summed E-state index contributed by atoms with van der Waals surface area (Å²) in [6.45, 7) is 1.91. The molecule has 0 aliphatic rings. The van der Waals surface area contributed by atoms with Gasteiger partial charge >= 0.3 is 6.09 Å². The van der Waals surface area contributed by atoms with Crippen molar-refractivity contribution in [3.8, 4) is 28.4 Å². The van der Waals surface area contributed by atoms with E-state index in [0.29, 0.717) is 22.1 Å². The van der Waals surface area contributed by atoms with Crippen molar-refractivity contribution in [3.63, 3.8) is 0 Å². The summed E-state index contributed by atoms with van der Waals surface area (Å²) in [5.74, 6) is 0.906. The van der Waals surface area contributed by atoms with Crippen LogP contribution < -0.4 is 10.5 Å². The Bertz CT molecular complexity index is 1110. The molecule has 0 radical (unpaired) electrons. The van der Waals surface area contributed by atoms with Crippen LogP contribution in [0.2, 0.25) is 5.02 Å². The Balaban J connectivity index is 1.87. The van der Waals surface area contributed by atoms with Gasteiger partial charge in [-0.05, 0) is 31.2 Å². The van der Waals surface area contributed by atoms with E-state index in [-0.39, 0.29) is 0 Å². The number of nitrogens with zero attached hydrogens (tertiary/aromatic N) is 2. The van der Waals surface area contributed by atoms with Crippen molar-refractivity contribution in [2.24, 2.45) is 5.73 Å². The van der Waals surface area contributed by atoms with Crippen molar-refractivity contribution >= 4 is 28.7 Å². The summed E-state index contributed by atoms with van der Waals surface area (Å²) in [6, 6.07) is 12.6. The molecule has 26 heavy (non-hydrogen) atoms. The number of aromatic nitrogens is 4. The third-order valence-corrected chi connectivity index (χ3v) is 4.24. The highest BCUT2D eigenvalue weighted by molar-refractivity contribution is 6.30. The maximum atomic E-state index is 11.1. The molecule has 2 heterocycles. The zero-order valence-corrected chi connectivity index (χ0v) is 14.5. The van der Waals surface area contributed by atoms with Crippen LogP contribution in [0.4, 0.5) is 4.79 Å². The van der Waals surface area contributed by atoms with Crippen molar-refractivity contribution in [1.29, 1.82) is 0 Å². The molecule has 4 aromatic rings. The van der Waals surface area contributed by atoms with Gasteiger partial charge in [-0.1, -0.05) is 29.8 Å². The van der Waals surface area contributed by atoms with Gasteiger partial charge in [0.2, 0.25) is 0 Å². The van der Waals surface area contributed by atoms with Crippen LogP contribution in [0.5, 0.6) is 5.75 Å². The number of H-pyrrole nitrogens is 2. The van der Waals surface area contributed by atoms with Gasteiger partial charge < -0.3 is 15.5 Å². The van der Waals surface area contributed by atoms with Crippen LogP contribution in [0.3, 0.4) is 0 Å². The molecule has 4 N–H and O–H groups in total. The largest absolute Gasteiger partial charge is 0.410 e. The van der Waals surface area contributed by atoms with Gasteiger partial charge in [-0.25, -0.2) is 9.78 Å². The van der Waals surface area contributed by atoms with Gasteiger partial charge in [0, 0.05) is 16.3 Å². The Morgan fingerprint density at radius 2 is 1.96 bits per heavy atom. The second-order valence-electron chi connectivity index (χ2n) is 5.74. The first-order valence-electron chi connectivity index (χ1n) is 7.80. The smallest absolute Gasteiger partial charge is 0.408 e. The van der Waals surface area contributed by atoms with E-state index in [1.807, 2.05) is 37.3 Å². The van der Waals surface area contributed by atoms with Crippen LogP contribution in [0, 0.1) is 6.92 Å². The predicted octanol–water partition coefficient (Wildman–Crippen LogP) is 4.04. The Labute approximate surface area is 153 Å². The molecule has 2 aromatic heterocycles. The maximum Gasteiger partial charge on any atom is 0.410 e. The lowest BCUT2D eigenvalue weighted by Gasteiger charge is -2.02. The standard InChI is InChI=1S/C18H14ClN5O2/c1-9-14(15(24-23-9)10-5-7-11(19)8-6-10)17-21-12-3-2-4-13(16(12)22-17)26-18(20)25/h2-8H,1H3,(H2,20,25)(H,21,22)(H,23,24). The number of halogens is 1. The lowest BCUT2D eigenvalue weighted by atomic mass is 10.1. The summed E-state index contributed by atoms with van der Waals surface area (Å²) in [7, 11) is 0. The Hall–Kier alpha value is -3.32. The first-order chi connectivity index (χ1) is 12.5. The molecule has 1 amide bonds. The van der Waals surface area contributed by atoms with E-state index in [2.05, 4.69) is 20.2 Å². The quantitative estimate of drug-likeness (QED) is 0.507. The minimum atomic E-state index is -0.886. The molecule has 4 rings (SSSR count). The number of para-hydroxylation sites is 1. The first kappa shape index (κ1) is 16.2. The topological polar surface area (TPSA) is 110 Å². The zero-order valence-electron chi connectivity index (χ0n) is 13.7. The normalized spacial score (nSPS) is 11.0. The molecule has 0 saturated heterocycles. The zero-order chi connectivity index (χ0) is 18.3. The average molecular weight is 368 g/mol. The van der Waals surface area contributed by atoms with Crippen molar-refractivity contribution in [1.82, 2.24) is 20.2 Å². The van der Waals surface area contributed by atoms with Crippen LogP contribution >= 0.6 is 11.6 Å². The lowest BCUT2D eigenvalue weighted by molar-refractivity contribution is 0.211. The first-order valence-corrected chi connectivity index (χ1v) is 8.18. The predicted molar refractivity (Wildman–Crippen MR) is 99.1 cm³/mol. The van der Waals surface area contributed by atoms with Gasteiger partial charge in [0.15, 0.2) is 5.75 Å². The Morgan fingerprint density at radius 3 is 2.69 bits per heavy atom. The van der Waals surface area contributed by atoms with E-state index < -0.39 is 6.09 Å². The van der Waals surface area contributed by atoms with E-state index in [1.54, 1.807) is 12.1 Å². The van der Waals surface area contributed by atoms with Crippen molar-refractivity contribution in [2.45, 2.75) is 6.92 Å². The SMILES string of the molecule is Cc1[nH]nc(-c2ccc(Cl)cc2)c1-c1nc2c(OC(N)=O)cccc2[nH]1. The molecule has 8 heteroatoms. The third kappa shape index (κ3) is 2.78. The number of aryl methyl sites for hydroxylation is 1. The summed E-state index contributed by atoms with van der Waals surface area (Å²) in [4.78, 5) is 18.9. The molecule has 0 atom stereocenters. The van der Waals surface area contributed by atoms with Crippen LogP contribution in [0.25, 0.3) is 33.7 Å². The highest BCUT2D eigenvalue weighted by Crippen LogP contribution is 2.34. The average Bonchev–Trinajstić information content (AvgIpc) is 3.19. The maximum absolute atomic E-state index is 11.1. The number of carbonyl (C=O) groups excluding carboxylic acids is 1. The molecule has 0 bridgehead atoms. The summed E-state index contributed by atoms with van der Waals surface area (Å²) in [6.07, 6.45) is -0.886. The molecule has 0 spiro atoms. The summed E-state index contributed by atoms with van der Waals surface area (Å²) < 4.78 is 5.03. The van der Waals surface area contributed by atoms with E-state index in [4.69, 9.17) is 22.1 Å². The molecular formula is C18H14ClN5O2. The van der Waals surface area contributed by atoms with E-state index >= 15 is 0 Å². The fraction of sp³-hybridized carbons (Fsp3) is 0.0556. The molecule has 0 aliphatic carbocycles. The number of primary amides is 1. The van der Waals surface area contributed by atoms with Crippen molar-refractivity contribution in [2.75, 3.05) is 0 Å². The van der Waals surface area contributed by atoms with E-state index in [0.717, 1.165) is 28.0 Å². The number of benzene rings is 2. The molecule has 7 nitrogen and oxygen atoms in total. The molecule has 2 aromatic carbocycles. The van der Waals surface area contributed by atoms with Crippen molar-refractivity contribution < 1.29 is 9.53 Å². The van der Waals surface area contributed by atoms with Crippen LogP contribution in [0.15, 0.2) is 42.5 Å². The van der Waals surface area contributed by atoms with Gasteiger partial charge in [0.1, 0.15) is 17.0 Å². The van der Waals surface area contributed by atoms with Gasteiger partial charge in [-0.2, -0.15) is 5.10 Å². The minimum absolute atomic E-state index is 0.298. The molecule has 0 fully saturated rings. The monoisotopic (exact) mass is 367 g/mol. The van der Waals surface area contributed by atoms with Crippen molar-refractivity contribution in [3.05, 3.63) is 53.2 Å². The highest BCUT2D eigenvalue weighted by atomic mass is 35.5. The van der Waals surface area contributed by atoms with Gasteiger partial charge in [0.05, 0.1) is 11.1 Å². The molecule has 0 aliphatic heterocycles. The highest BCUT2D eigenvalue weighted by Gasteiger charge is 2.19. The van der Waals surface area contributed by atoms with Crippen LogP contribution in [-0.2, 0) is 0 Å². The fourth-order valence-electron chi connectivity index (χ4n) is 2.85. The van der Waals surface area contributed by atoms with E-state index in [9.17, 15) is 4.79 Å². The fourth-order valence-corrected chi connectivity index (χ4v) is 2.98. The van der Waals surface area contributed by atoms with Gasteiger partial charge in [0.25, 0.3) is 0 Å². The Kier molecular flexibility index (Phi) is 3.85. The number of rotatable bonds is 3. The summed E-state index contributed by atoms with van der Waals surface area (Å²) in [5.41, 5.74) is 9.70. The molecule has 0 saturated carbocycles. The van der Waals surface area contributed by atoms with E-state index in [1.165, 1.54) is 0 Å². The number of amides is 1. The number of fused-ring (bicyclic) bond motifs is 1. The number of carbonyl (C=O) groups is 1. The number of hydrogen-bond acceptors (Lipinski definition) is 4. The minimum Gasteiger partial charge on any atom is -0.408 e. The number of nitrogens with one attached hydrogen (secondary N) is 2. The van der Waals surface area contributed by atoms with Gasteiger partial charge in [-0.15, -0.1) is 0 Å². The van der Waals surface area contributed by atoms with Gasteiger partial charge in [-0.3, -0.25) is 5.10 Å². The third-order valence-electron chi connectivity index (χ3n) is 3.99. The lowest BCUT2D eigenvalue weighted by Crippen LogP contribution is -2.16. The molecule has 0 unspecified atom stereocenters. The number of nitrogens with two attached hydrogens (primary N) is 1. The Morgan fingerprint density at radius 1 is 1.19 bits per heavy atom. The molecular weight excluding hydrogens is 354 g/mol. The second-order valence-corrected chi connectivity index (χ2v) is 6.17.